The van der Waals surface area contributed by atoms with Gasteiger partial charge in [-0.1, -0.05) is 39.0 Å². The molecule has 0 amide bonds. The summed E-state index contributed by atoms with van der Waals surface area (Å²) in [6, 6.07) is 1.71. The highest BCUT2D eigenvalue weighted by Crippen LogP contribution is 2.24. The summed E-state index contributed by atoms with van der Waals surface area (Å²) in [5, 5.41) is 3.69. The molecule has 0 aromatic rings. The minimum atomic E-state index is 0.801. The topological polar surface area (TPSA) is 15.3 Å². The van der Waals surface area contributed by atoms with Crippen LogP contribution in [0.1, 0.15) is 71.1 Å². The molecule has 1 saturated carbocycles. The van der Waals surface area contributed by atoms with E-state index in [2.05, 4.69) is 17.1 Å². The van der Waals surface area contributed by atoms with Crippen molar-refractivity contribution >= 4 is 0 Å². The van der Waals surface area contributed by atoms with Gasteiger partial charge in [0, 0.05) is 12.1 Å². The Morgan fingerprint density at radius 1 is 0.889 bits per heavy atom. The molecular weight excluding hydrogens is 220 g/mol. The first-order valence-electron chi connectivity index (χ1n) is 8.37. The Hall–Kier alpha value is -0.0800. The summed E-state index contributed by atoms with van der Waals surface area (Å²) in [5.41, 5.74) is 0. The first-order chi connectivity index (χ1) is 8.90. The van der Waals surface area contributed by atoms with Gasteiger partial charge in [-0.3, -0.25) is 0 Å². The summed E-state index contributed by atoms with van der Waals surface area (Å²) in [7, 11) is 0. The molecule has 0 aromatic carbocycles. The number of hydrogen-bond donors (Lipinski definition) is 1. The number of piperidine rings is 1. The van der Waals surface area contributed by atoms with Crippen molar-refractivity contribution in [3.63, 3.8) is 0 Å². The first-order valence-corrected chi connectivity index (χ1v) is 8.37. The van der Waals surface area contributed by atoms with Crippen molar-refractivity contribution in [1.29, 1.82) is 0 Å². The van der Waals surface area contributed by atoms with E-state index in [1.54, 1.807) is 0 Å². The highest BCUT2D eigenvalue weighted by molar-refractivity contribution is 4.82. The second-order valence-corrected chi connectivity index (χ2v) is 6.26. The van der Waals surface area contributed by atoms with Crippen LogP contribution in [0.3, 0.4) is 0 Å². The van der Waals surface area contributed by atoms with Gasteiger partial charge in [0.15, 0.2) is 0 Å². The Bertz CT molecular complexity index is 201. The van der Waals surface area contributed by atoms with Gasteiger partial charge in [-0.15, -0.1) is 0 Å². The zero-order chi connectivity index (χ0) is 12.6. The van der Waals surface area contributed by atoms with E-state index in [1.807, 2.05) is 0 Å². The third kappa shape index (κ3) is 4.55. The molecule has 18 heavy (non-hydrogen) atoms. The number of hydrogen-bond acceptors (Lipinski definition) is 2. The van der Waals surface area contributed by atoms with E-state index in [0.717, 1.165) is 12.1 Å². The molecule has 1 saturated heterocycles. The Morgan fingerprint density at radius 2 is 1.50 bits per heavy atom. The predicted molar refractivity (Wildman–Crippen MR) is 79.0 cm³/mol. The normalized spacial score (nSPS) is 25.8. The molecule has 106 valence electrons. The molecule has 1 N–H and O–H groups in total. The Labute approximate surface area is 114 Å². The van der Waals surface area contributed by atoms with Crippen LogP contribution in [-0.2, 0) is 0 Å². The van der Waals surface area contributed by atoms with E-state index in [9.17, 15) is 0 Å². The molecule has 0 atom stereocenters. The van der Waals surface area contributed by atoms with Gasteiger partial charge < -0.3 is 10.2 Å². The molecule has 2 aliphatic rings. The zero-order valence-corrected chi connectivity index (χ0v) is 12.3. The van der Waals surface area contributed by atoms with E-state index < -0.39 is 0 Å². The predicted octanol–water partition coefficient (Wildman–Crippen LogP) is 3.56. The fourth-order valence-corrected chi connectivity index (χ4v) is 3.62. The maximum atomic E-state index is 3.69. The average molecular weight is 252 g/mol. The number of nitrogens with one attached hydrogen (secondary N) is 1. The molecule has 0 spiro atoms. The first kappa shape index (κ1) is 14.3. The van der Waals surface area contributed by atoms with Crippen molar-refractivity contribution in [1.82, 2.24) is 10.2 Å². The van der Waals surface area contributed by atoms with Gasteiger partial charge in [0.25, 0.3) is 0 Å². The third-order valence-electron chi connectivity index (χ3n) is 4.80. The number of rotatable bonds is 4. The van der Waals surface area contributed by atoms with Crippen LogP contribution in [0.2, 0.25) is 0 Å². The Morgan fingerprint density at radius 3 is 2.11 bits per heavy atom. The lowest BCUT2D eigenvalue weighted by molar-refractivity contribution is 0.123. The summed E-state index contributed by atoms with van der Waals surface area (Å²) < 4.78 is 0. The lowest BCUT2D eigenvalue weighted by Gasteiger charge is -2.38. The molecule has 1 aliphatic heterocycles. The van der Waals surface area contributed by atoms with E-state index in [1.165, 1.54) is 83.8 Å². The molecule has 0 aromatic heterocycles. The Balaban J connectivity index is 1.70. The van der Waals surface area contributed by atoms with E-state index in [-0.39, 0.29) is 0 Å². The second-order valence-electron chi connectivity index (χ2n) is 6.26. The van der Waals surface area contributed by atoms with Crippen molar-refractivity contribution < 1.29 is 0 Å². The van der Waals surface area contributed by atoms with Crippen LogP contribution in [0.25, 0.3) is 0 Å². The Kier molecular flexibility index (Phi) is 6.50. The van der Waals surface area contributed by atoms with Gasteiger partial charge in [0.05, 0.1) is 0 Å². The second kappa shape index (κ2) is 8.16. The minimum absolute atomic E-state index is 0.801. The molecule has 2 nitrogen and oxygen atoms in total. The largest absolute Gasteiger partial charge is 0.314 e. The van der Waals surface area contributed by atoms with Crippen LogP contribution in [-0.4, -0.2) is 36.6 Å². The molecule has 2 rings (SSSR count). The standard InChI is InChI=1S/C16H32N2/c1-2-12-17-15-10-13-18(14-11-15)16-8-6-4-3-5-7-9-16/h15-17H,2-14H2,1H3. The van der Waals surface area contributed by atoms with Crippen LogP contribution in [0.15, 0.2) is 0 Å². The smallest absolute Gasteiger partial charge is 0.00952 e. The van der Waals surface area contributed by atoms with E-state index >= 15 is 0 Å². The van der Waals surface area contributed by atoms with Gasteiger partial charge in [-0.25, -0.2) is 0 Å². The van der Waals surface area contributed by atoms with Crippen molar-refractivity contribution in [2.45, 2.75) is 83.2 Å². The fourth-order valence-electron chi connectivity index (χ4n) is 3.62. The van der Waals surface area contributed by atoms with Gasteiger partial charge in [-0.05, 0) is 51.7 Å². The summed E-state index contributed by atoms with van der Waals surface area (Å²) in [4.78, 5) is 2.80. The van der Waals surface area contributed by atoms with E-state index in [0.29, 0.717) is 0 Å². The SMILES string of the molecule is CCCNC1CCN(C2CCCCCCC2)CC1. The summed E-state index contributed by atoms with van der Waals surface area (Å²) in [5.74, 6) is 0. The van der Waals surface area contributed by atoms with Crippen LogP contribution in [0.4, 0.5) is 0 Å². The van der Waals surface area contributed by atoms with Crippen LogP contribution in [0, 0.1) is 0 Å². The molecule has 0 unspecified atom stereocenters. The summed E-state index contributed by atoms with van der Waals surface area (Å²) >= 11 is 0. The highest BCUT2D eigenvalue weighted by Gasteiger charge is 2.24. The van der Waals surface area contributed by atoms with Gasteiger partial charge in [0.1, 0.15) is 0 Å². The summed E-state index contributed by atoms with van der Waals surface area (Å²) in [6.45, 7) is 6.14. The lowest BCUT2D eigenvalue weighted by atomic mass is 9.93. The molecule has 0 radical (unpaired) electrons. The maximum Gasteiger partial charge on any atom is 0.00952 e. The molecule has 2 fully saturated rings. The fraction of sp³-hybridized carbons (Fsp3) is 1.00. The molecule has 1 heterocycles. The van der Waals surface area contributed by atoms with Crippen LogP contribution in [0.5, 0.6) is 0 Å². The highest BCUT2D eigenvalue weighted by atomic mass is 15.2. The van der Waals surface area contributed by atoms with Crippen molar-refractivity contribution in [3.8, 4) is 0 Å². The maximum absolute atomic E-state index is 3.69. The monoisotopic (exact) mass is 252 g/mol. The van der Waals surface area contributed by atoms with E-state index in [4.69, 9.17) is 0 Å². The van der Waals surface area contributed by atoms with Gasteiger partial charge >= 0.3 is 0 Å². The quantitative estimate of drug-likeness (QED) is 0.823. The van der Waals surface area contributed by atoms with Gasteiger partial charge in [0.2, 0.25) is 0 Å². The summed E-state index contributed by atoms with van der Waals surface area (Å²) in [6.07, 6.45) is 14.3. The average Bonchev–Trinajstić information content (AvgIpc) is 2.37. The molecular formula is C16H32N2. The molecule has 2 heteroatoms. The van der Waals surface area contributed by atoms with Crippen molar-refractivity contribution in [3.05, 3.63) is 0 Å². The van der Waals surface area contributed by atoms with Crippen molar-refractivity contribution in [2.24, 2.45) is 0 Å². The van der Waals surface area contributed by atoms with Crippen molar-refractivity contribution in [2.75, 3.05) is 19.6 Å². The molecule has 0 bridgehead atoms. The lowest BCUT2D eigenvalue weighted by Crippen LogP contribution is -2.46. The zero-order valence-electron chi connectivity index (χ0n) is 12.3. The number of nitrogens with zero attached hydrogens (tertiary/aromatic N) is 1. The number of likely N-dealkylation sites (tertiary alicyclic amines) is 1. The molecule has 1 aliphatic carbocycles. The van der Waals surface area contributed by atoms with Crippen LogP contribution >= 0.6 is 0 Å². The van der Waals surface area contributed by atoms with Crippen LogP contribution < -0.4 is 5.32 Å². The minimum Gasteiger partial charge on any atom is -0.314 e. The van der Waals surface area contributed by atoms with Gasteiger partial charge in [-0.2, -0.15) is 0 Å². The third-order valence-corrected chi connectivity index (χ3v) is 4.80.